The van der Waals surface area contributed by atoms with Gasteiger partial charge in [0, 0.05) is 24.7 Å². The zero-order valence-electron chi connectivity index (χ0n) is 9.49. The minimum Gasteiger partial charge on any atom is -0.337 e. The van der Waals surface area contributed by atoms with Gasteiger partial charge in [0.15, 0.2) is 11.6 Å². The molecule has 1 amide bonds. The molecule has 1 saturated heterocycles. The highest BCUT2D eigenvalue weighted by atomic mass is 19.2. The maximum absolute atomic E-state index is 13.0. The number of carbonyl (C=O) groups excluding carboxylic acids is 1. The third-order valence-electron chi connectivity index (χ3n) is 3.12. The van der Waals surface area contributed by atoms with Crippen LogP contribution in [-0.2, 0) is 0 Å². The molecule has 0 saturated carbocycles. The lowest BCUT2D eigenvalue weighted by Gasteiger charge is -2.15. The molecule has 3 nitrogen and oxygen atoms in total. The largest absolute Gasteiger partial charge is 0.337 e. The van der Waals surface area contributed by atoms with Crippen LogP contribution in [0.4, 0.5) is 8.78 Å². The van der Waals surface area contributed by atoms with E-state index in [1.165, 1.54) is 6.07 Å². The normalized spacial score (nSPS) is 24.1. The van der Waals surface area contributed by atoms with E-state index in [9.17, 15) is 13.6 Å². The van der Waals surface area contributed by atoms with Crippen LogP contribution >= 0.6 is 0 Å². The molecule has 2 atom stereocenters. The van der Waals surface area contributed by atoms with Crippen LogP contribution in [0.3, 0.4) is 0 Å². The Kier molecular flexibility index (Phi) is 3.11. The molecular formula is C12H14F2N2O. The van der Waals surface area contributed by atoms with Crippen molar-refractivity contribution in [3.05, 3.63) is 35.4 Å². The summed E-state index contributed by atoms with van der Waals surface area (Å²) < 4.78 is 25.8. The Morgan fingerprint density at radius 3 is 2.59 bits per heavy atom. The first kappa shape index (κ1) is 12.0. The van der Waals surface area contributed by atoms with Gasteiger partial charge in [-0.1, -0.05) is 6.92 Å². The summed E-state index contributed by atoms with van der Waals surface area (Å²) in [6, 6.07) is 3.12. The molecule has 0 radical (unpaired) electrons. The summed E-state index contributed by atoms with van der Waals surface area (Å²) in [6.45, 7) is 2.97. The van der Waals surface area contributed by atoms with Gasteiger partial charge in [0.1, 0.15) is 0 Å². The average Bonchev–Trinajstić information content (AvgIpc) is 2.62. The van der Waals surface area contributed by atoms with Crippen LogP contribution in [0.2, 0.25) is 0 Å². The first-order chi connectivity index (χ1) is 7.99. The molecule has 1 aromatic rings. The van der Waals surface area contributed by atoms with Crippen LogP contribution in [0, 0.1) is 17.6 Å². The summed E-state index contributed by atoms with van der Waals surface area (Å²) in [7, 11) is 0. The van der Waals surface area contributed by atoms with Gasteiger partial charge in [0.25, 0.3) is 5.91 Å². The lowest BCUT2D eigenvalue weighted by Crippen LogP contribution is -2.32. The third-order valence-corrected chi connectivity index (χ3v) is 3.12. The predicted octanol–water partition coefficient (Wildman–Crippen LogP) is 1.38. The van der Waals surface area contributed by atoms with E-state index in [1.807, 2.05) is 6.92 Å². The Bertz CT molecular complexity index is 440. The molecule has 0 aromatic heterocycles. The SMILES string of the molecule is CC1CN(C(=O)c2ccc(F)c(F)c2)CC1N. The quantitative estimate of drug-likeness (QED) is 0.806. The van der Waals surface area contributed by atoms with Gasteiger partial charge in [0.2, 0.25) is 0 Å². The van der Waals surface area contributed by atoms with Crippen LogP contribution < -0.4 is 5.73 Å². The van der Waals surface area contributed by atoms with Crippen LogP contribution in [0.1, 0.15) is 17.3 Å². The second-order valence-corrected chi connectivity index (χ2v) is 4.48. The second-order valence-electron chi connectivity index (χ2n) is 4.48. The number of nitrogens with zero attached hydrogens (tertiary/aromatic N) is 1. The van der Waals surface area contributed by atoms with Gasteiger partial charge >= 0.3 is 0 Å². The number of rotatable bonds is 1. The molecule has 1 fully saturated rings. The van der Waals surface area contributed by atoms with Crippen LogP contribution in [-0.4, -0.2) is 29.9 Å². The number of carbonyl (C=O) groups is 1. The molecule has 0 bridgehead atoms. The number of likely N-dealkylation sites (tertiary alicyclic amines) is 1. The lowest BCUT2D eigenvalue weighted by molar-refractivity contribution is 0.0786. The molecular weight excluding hydrogens is 226 g/mol. The second kappa shape index (κ2) is 4.41. The summed E-state index contributed by atoms with van der Waals surface area (Å²) in [5, 5.41) is 0. The maximum atomic E-state index is 13.0. The summed E-state index contributed by atoms with van der Waals surface area (Å²) in [6.07, 6.45) is 0. The molecule has 2 rings (SSSR count). The van der Waals surface area contributed by atoms with E-state index in [0.29, 0.717) is 13.1 Å². The zero-order valence-corrected chi connectivity index (χ0v) is 9.49. The van der Waals surface area contributed by atoms with Gasteiger partial charge in [0.05, 0.1) is 0 Å². The smallest absolute Gasteiger partial charge is 0.254 e. The molecule has 1 heterocycles. The highest BCUT2D eigenvalue weighted by molar-refractivity contribution is 5.94. The van der Waals surface area contributed by atoms with Crippen LogP contribution in [0.5, 0.6) is 0 Å². The topological polar surface area (TPSA) is 46.3 Å². The first-order valence-electron chi connectivity index (χ1n) is 5.49. The molecule has 0 spiro atoms. The average molecular weight is 240 g/mol. The number of amides is 1. The van der Waals surface area contributed by atoms with Crippen molar-refractivity contribution in [2.75, 3.05) is 13.1 Å². The summed E-state index contributed by atoms with van der Waals surface area (Å²) in [4.78, 5) is 13.6. The number of hydrogen-bond acceptors (Lipinski definition) is 2. The van der Waals surface area contributed by atoms with Gasteiger partial charge in [-0.3, -0.25) is 4.79 Å². The highest BCUT2D eigenvalue weighted by Gasteiger charge is 2.30. The van der Waals surface area contributed by atoms with Gasteiger partial charge in [-0.25, -0.2) is 8.78 Å². The van der Waals surface area contributed by atoms with Gasteiger partial charge in [-0.15, -0.1) is 0 Å². The van der Waals surface area contributed by atoms with Crippen molar-refractivity contribution in [1.82, 2.24) is 4.90 Å². The summed E-state index contributed by atoms with van der Waals surface area (Å²) in [5.74, 6) is -2.03. The van der Waals surface area contributed by atoms with E-state index in [4.69, 9.17) is 5.73 Å². The van der Waals surface area contributed by atoms with E-state index < -0.39 is 11.6 Å². The minimum absolute atomic E-state index is 0.0516. The van der Waals surface area contributed by atoms with Crippen molar-refractivity contribution in [1.29, 1.82) is 0 Å². The van der Waals surface area contributed by atoms with Gasteiger partial charge in [-0.05, 0) is 24.1 Å². The van der Waals surface area contributed by atoms with Crippen LogP contribution in [0.15, 0.2) is 18.2 Å². The van der Waals surface area contributed by atoms with Crippen molar-refractivity contribution < 1.29 is 13.6 Å². The van der Waals surface area contributed by atoms with Gasteiger partial charge in [-0.2, -0.15) is 0 Å². The Morgan fingerprint density at radius 1 is 1.35 bits per heavy atom. The Balaban J connectivity index is 2.17. The fourth-order valence-electron chi connectivity index (χ4n) is 1.97. The van der Waals surface area contributed by atoms with Crippen molar-refractivity contribution in [2.24, 2.45) is 11.7 Å². The van der Waals surface area contributed by atoms with Crippen molar-refractivity contribution in [2.45, 2.75) is 13.0 Å². The number of benzene rings is 1. The molecule has 2 N–H and O–H groups in total. The van der Waals surface area contributed by atoms with E-state index in [-0.39, 0.29) is 23.4 Å². The Hall–Kier alpha value is -1.49. The molecule has 5 heteroatoms. The third kappa shape index (κ3) is 2.29. The monoisotopic (exact) mass is 240 g/mol. The highest BCUT2D eigenvalue weighted by Crippen LogP contribution is 2.18. The zero-order chi connectivity index (χ0) is 12.6. The van der Waals surface area contributed by atoms with E-state index in [2.05, 4.69) is 0 Å². The molecule has 1 aromatic carbocycles. The Labute approximate surface area is 98.2 Å². The van der Waals surface area contributed by atoms with Crippen molar-refractivity contribution in [3.8, 4) is 0 Å². The van der Waals surface area contributed by atoms with E-state index >= 15 is 0 Å². The van der Waals surface area contributed by atoms with E-state index in [0.717, 1.165) is 12.1 Å². The molecule has 92 valence electrons. The van der Waals surface area contributed by atoms with Crippen molar-refractivity contribution >= 4 is 5.91 Å². The fourth-order valence-corrected chi connectivity index (χ4v) is 1.97. The molecule has 2 unspecified atom stereocenters. The van der Waals surface area contributed by atoms with Crippen LogP contribution in [0.25, 0.3) is 0 Å². The lowest BCUT2D eigenvalue weighted by atomic mass is 10.1. The number of halogens is 2. The summed E-state index contributed by atoms with van der Waals surface area (Å²) >= 11 is 0. The maximum Gasteiger partial charge on any atom is 0.254 e. The number of hydrogen-bond donors (Lipinski definition) is 1. The van der Waals surface area contributed by atoms with Gasteiger partial charge < -0.3 is 10.6 Å². The molecule has 1 aliphatic rings. The molecule has 0 aliphatic carbocycles. The predicted molar refractivity (Wildman–Crippen MR) is 59.4 cm³/mol. The van der Waals surface area contributed by atoms with Crippen molar-refractivity contribution in [3.63, 3.8) is 0 Å². The number of nitrogens with two attached hydrogens (primary N) is 1. The minimum atomic E-state index is -1.01. The summed E-state index contributed by atoms with van der Waals surface area (Å²) in [5.41, 5.74) is 5.97. The standard InChI is InChI=1S/C12H14F2N2O/c1-7-5-16(6-11(7)15)12(17)8-2-3-9(13)10(14)4-8/h2-4,7,11H,5-6,15H2,1H3. The van der Waals surface area contributed by atoms with E-state index in [1.54, 1.807) is 4.90 Å². The molecule has 1 aliphatic heterocycles. The Morgan fingerprint density at radius 2 is 2.06 bits per heavy atom. The molecule has 17 heavy (non-hydrogen) atoms. The fraction of sp³-hybridized carbons (Fsp3) is 0.417. The first-order valence-corrected chi connectivity index (χ1v) is 5.49.